The molecule has 0 aliphatic heterocycles. The van der Waals surface area contributed by atoms with Crippen molar-refractivity contribution >= 4 is 32.6 Å². The number of nitrogens with two attached hydrogens (primary N) is 1. The molecule has 0 unspecified atom stereocenters. The molecule has 3 rings (SSSR count). The van der Waals surface area contributed by atoms with Gasteiger partial charge in [0.05, 0.1) is 17.5 Å². The number of halogens is 1. The van der Waals surface area contributed by atoms with Crippen molar-refractivity contribution in [3.8, 4) is 0 Å². The number of hydrazone groups is 1. The topological polar surface area (TPSA) is 113 Å². The van der Waals surface area contributed by atoms with Gasteiger partial charge in [0, 0.05) is 23.1 Å². The van der Waals surface area contributed by atoms with Gasteiger partial charge in [-0.05, 0) is 31.0 Å². The van der Waals surface area contributed by atoms with Crippen molar-refractivity contribution in [1.29, 1.82) is 5.41 Å². The fourth-order valence-corrected chi connectivity index (χ4v) is 3.30. The third-order valence-corrected chi connectivity index (χ3v) is 4.64. The normalized spacial score (nSPS) is 15.8. The third kappa shape index (κ3) is 3.04. The second-order valence-corrected chi connectivity index (χ2v) is 7.42. The van der Waals surface area contributed by atoms with Crippen LogP contribution in [0.5, 0.6) is 0 Å². The minimum Gasteiger partial charge on any atom is -0.369 e. The SMILES string of the molecule is CS(=O)(=O)n1cc(/C(=N/NC(=N)N)C2CC2)c2ccc(F)cc21. The van der Waals surface area contributed by atoms with E-state index in [1.807, 2.05) is 0 Å². The summed E-state index contributed by atoms with van der Waals surface area (Å²) in [6.45, 7) is 0. The molecule has 9 heteroatoms. The fraction of sp³-hybridized carbons (Fsp3) is 0.286. The first-order valence-corrected chi connectivity index (χ1v) is 8.81. The summed E-state index contributed by atoms with van der Waals surface area (Å²) < 4.78 is 38.5. The lowest BCUT2D eigenvalue weighted by Gasteiger charge is -2.04. The van der Waals surface area contributed by atoms with Gasteiger partial charge in [-0.2, -0.15) is 5.10 Å². The van der Waals surface area contributed by atoms with E-state index in [4.69, 9.17) is 11.1 Å². The van der Waals surface area contributed by atoms with Crippen molar-refractivity contribution < 1.29 is 12.8 Å². The van der Waals surface area contributed by atoms with E-state index in [9.17, 15) is 12.8 Å². The maximum absolute atomic E-state index is 13.5. The zero-order valence-corrected chi connectivity index (χ0v) is 13.2. The Morgan fingerprint density at radius 2 is 2.17 bits per heavy atom. The molecular formula is C14H16FN5O2S. The maximum atomic E-state index is 13.5. The highest BCUT2D eigenvalue weighted by Gasteiger charge is 2.31. The fourth-order valence-electron chi connectivity index (χ4n) is 2.50. The monoisotopic (exact) mass is 337 g/mol. The van der Waals surface area contributed by atoms with Gasteiger partial charge in [-0.15, -0.1) is 0 Å². The number of fused-ring (bicyclic) bond motifs is 1. The highest BCUT2D eigenvalue weighted by molar-refractivity contribution is 7.89. The first kappa shape index (κ1) is 15.5. The Labute approximate surface area is 132 Å². The van der Waals surface area contributed by atoms with Crippen LogP contribution >= 0.6 is 0 Å². The Kier molecular flexibility index (Phi) is 3.59. The molecule has 0 saturated heterocycles. The van der Waals surface area contributed by atoms with Gasteiger partial charge in [0.2, 0.25) is 16.0 Å². The van der Waals surface area contributed by atoms with Crippen molar-refractivity contribution in [3.63, 3.8) is 0 Å². The number of aromatic nitrogens is 1. The van der Waals surface area contributed by atoms with Crippen LogP contribution in [0.2, 0.25) is 0 Å². The molecule has 1 aromatic heterocycles. The molecule has 1 heterocycles. The van der Waals surface area contributed by atoms with Gasteiger partial charge in [-0.1, -0.05) is 0 Å². The van der Waals surface area contributed by atoms with E-state index in [0.29, 0.717) is 16.7 Å². The smallest absolute Gasteiger partial charge is 0.236 e. The summed E-state index contributed by atoms with van der Waals surface area (Å²) in [6, 6.07) is 4.00. The molecule has 0 spiro atoms. The molecule has 0 bridgehead atoms. The van der Waals surface area contributed by atoms with Gasteiger partial charge in [-0.25, -0.2) is 22.2 Å². The van der Waals surface area contributed by atoms with Crippen LogP contribution in [-0.4, -0.2) is 30.3 Å². The molecule has 0 radical (unpaired) electrons. The number of guanidine groups is 1. The second-order valence-electron chi connectivity index (χ2n) is 5.56. The molecule has 1 aliphatic rings. The van der Waals surface area contributed by atoms with E-state index in [2.05, 4.69) is 10.5 Å². The lowest BCUT2D eigenvalue weighted by molar-refractivity contribution is 0.595. The first-order valence-electron chi connectivity index (χ1n) is 6.96. The van der Waals surface area contributed by atoms with Gasteiger partial charge < -0.3 is 5.73 Å². The van der Waals surface area contributed by atoms with E-state index in [1.165, 1.54) is 24.4 Å². The predicted molar refractivity (Wildman–Crippen MR) is 86.4 cm³/mol. The lowest BCUT2D eigenvalue weighted by atomic mass is 10.1. The Morgan fingerprint density at radius 3 is 2.74 bits per heavy atom. The number of benzene rings is 1. The van der Waals surface area contributed by atoms with E-state index in [0.717, 1.165) is 23.1 Å². The van der Waals surface area contributed by atoms with Gasteiger partial charge in [0.15, 0.2) is 0 Å². The summed E-state index contributed by atoms with van der Waals surface area (Å²) in [7, 11) is -3.59. The standard InChI is InChI=1S/C14H16FN5O2S/c1-23(21,22)20-7-11(10-5-4-9(15)6-12(10)20)13(8-2-3-8)18-19-14(16)17/h4-8H,2-3H2,1H3,(H4,16,17,19)/b18-13+. The van der Waals surface area contributed by atoms with Crippen LogP contribution in [-0.2, 0) is 10.0 Å². The van der Waals surface area contributed by atoms with Crippen LogP contribution in [0.4, 0.5) is 4.39 Å². The molecule has 23 heavy (non-hydrogen) atoms. The highest BCUT2D eigenvalue weighted by atomic mass is 32.2. The zero-order valence-electron chi connectivity index (χ0n) is 12.4. The summed E-state index contributed by atoms with van der Waals surface area (Å²) in [5, 5.41) is 11.9. The minimum absolute atomic E-state index is 0.172. The van der Waals surface area contributed by atoms with Crippen LogP contribution in [0, 0.1) is 17.1 Å². The van der Waals surface area contributed by atoms with Crippen molar-refractivity contribution in [1.82, 2.24) is 9.40 Å². The number of hydrogen-bond donors (Lipinski definition) is 3. The molecular weight excluding hydrogens is 321 g/mol. The zero-order chi connectivity index (χ0) is 16.8. The van der Waals surface area contributed by atoms with E-state index in [1.54, 1.807) is 0 Å². The van der Waals surface area contributed by atoms with Gasteiger partial charge in [-0.3, -0.25) is 5.41 Å². The molecule has 2 aromatic rings. The van der Waals surface area contributed by atoms with Crippen LogP contribution < -0.4 is 11.2 Å². The van der Waals surface area contributed by atoms with E-state index >= 15 is 0 Å². The first-order chi connectivity index (χ1) is 10.8. The summed E-state index contributed by atoms with van der Waals surface area (Å²) in [6.07, 6.45) is 4.34. The van der Waals surface area contributed by atoms with E-state index in [-0.39, 0.29) is 17.4 Å². The summed E-state index contributed by atoms with van der Waals surface area (Å²) >= 11 is 0. The highest BCUT2D eigenvalue weighted by Crippen LogP contribution is 2.36. The quantitative estimate of drug-likeness (QED) is 0.442. The average Bonchev–Trinajstić information content (AvgIpc) is 3.19. The van der Waals surface area contributed by atoms with Crippen LogP contribution in [0.15, 0.2) is 29.5 Å². The molecule has 1 saturated carbocycles. The number of rotatable bonds is 4. The van der Waals surface area contributed by atoms with Crippen molar-refractivity contribution in [2.45, 2.75) is 12.8 Å². The Hall–Kier alpha value is -2.42. The molecule has 122 valence electrons. The third-order valence-electron chi connectivity index (χ3n) is 3.63. The van der Waals surface area contributed by atoms with Crippen molar-refractivity contribution in [3.05, 3.63) is 35.8 Å². The Bertz CT molecular complexity index is 928. The molecule has 1 aromatic carbocycles. The number of nitrogens with zero attached hydrogens (tertiary/aromatic N) is 2. The van der Waals surface area contributed by atoms with E-state index < -0.39 is 15.8 Å². The van der Waals surface area contributed by atoms with Crippen LogP contribution in [0.3, 0.4) is 0 Å². The molecule has 1 aliphatic carbocycles. The second kappa shape index (κ2) is 5.34. The Morgan fingerprint density at radius 1 is 1.48 bits per heavy atom. The lowest BCUT2D eigenvalue weighted by Crippen LogP contribution is -2.27. The van der Waals surface area contributed by atoms with Gasteiger partial charge in [0.1, 0.15) is 5.82 Å². The summed E-state index contributed by atoms with van der Waals surface area (Å²) in [4.78, 5) is 0. The average molecular weight is 337 g/mol. The summed E-state index contributed by atoms with van der Waals surface area (Å²) in [5.41, 5.74) is 9.15. The number of hydrogen-bond acceptors (Lipinski definition) is 4. The van der Waals surface area contributed by atoms with Crippen LogP contribution in [0.1, 0.15) is 18.4 Å². The minimum atomic E-state index is -3.59. The van der Waals surface area contributed by atoms with Crippen LogP contribution in [0.25, 0.3) is 10.9 Å². The molecule has 4 N–H and O–H groups in total. The van der Waals surface area contributed by atoms with Gasteiger partial charge in [0.25, 0.3) is 0 Å². The largest absolute Gasteiger partial charge is 0.369 e. The molecule has 0 atom stereocenters. The maximum Gasteiger partial charge on any atom is 0.236 e. The number of nitrogens with one attached hydrogen (secondary N) is 2. The van der Waals surface area contributed by atoms with Gasteiger partial charge >= 0.3 is 0 Å². The molecule has 0 amide bonds. The summed E-state index contributed by atoms with van der Waals surface area (Å²) in [5.74, 6) is -0.648. The predicted octanol–water partition coefficient (Wildman–Crippen LogP) is 1.19. The van der Waals surface area contributed by atoms with Crippen molar-refractivity contribution in [2.75, 3.05) is 6.26 Å². The van der Waals surface area contributed by atoms with Crippen molar-refractivity contribution in [2.24, 2.45) is 16.8 Å². The Balaban J connectivity index is 2.24. The molecule has 1 fully saturated rings. The molecule has 7 nitrogen and oxygen atoms in total.